The second kappa shape index (κ2) is 8.34. The van der Waals surface area contributed by atoms with E-state index in [4.69, 9.17) is 9.47 Å². The number of benzene rings is 2. The maximum atomic E-state index is 17.5. The van der Waals surface area contributed by atoms with Crippen LogP contribution in [0.5, 0.6) is 11.5 Å². The number of fused-ring (bicyclic) bond motifs is 1. The number of imide groups is 1. The van der Waals surface area contributed by atoms with Gasteiger partial charge < -0.3 is 14.6 Å². The maximum absolute atomic E-state index is 17.5. The van der Waals surface area contributed by atoms with Crippen molar-refractivity contribution >= 4 is 17.8 Å². The van der Waals surface area contributed by atoms with Gasteiger partial charge in [-0.05, 0) is 82.6 Å². The highest BCUT2D eigenvalue weighted by atomic mass is 19.1. The molecule has 3 heterocycles. The topological polar surface area (TPSA) is 96.4 Å². The van der Waals surface area contributed by atoms with Crippen LogP contribution < -0.4 is 4.74 Å². The third kappa shape index (κ3) is 3.12. The molecule has 3 fully saturated rings. The monoisotopic (exact) mass is 574 g/mol. The molecule has 220 valence electrons. The fourth-order valence-corrected chi connectivity index (χ4v) is 8.72. The Bertz CT molecular complexity index is 1530. The minimum atomic E-state index is -1.54. The van der Waals surface area contributed by atoms with Crippen molar-refractivity contribution in [2.45, 2.75) is 88.3 Å². The number of hydrogen-bond acceptors (Lipinski definition) is 7. The lowest BCUT2D eigenvalue weighted by atomic mass is 9.47. The molecule has 2 saturated carbocycles. The second-order valence-corrected chi connectivity index (χ2v) is 14.1. The van der Waals surface area contributed by atoms with Gasteiger partial charge in [-0.2, -0.15) is 0 Å². The third-order valence-corrected chi connectivity index (χ3v) is 10.7. The molecule has 2 amide bonds. The number of carbonyl (C=O) groups excluding carboxylic acids is 3. The minimum absolute atomic E-state index is 0.124. The van der Waals surface area contributed by atoms with E-state index in [1.807, 2.05) is 6.07 Å². The van der Waals surface area contributed by atoms with Gasteiger partial charge in [0, 0.05) is 18.7 Å². The zero-order chi connectivity index (χ0) is 29.3. The Balaban J connectivity index is 1.34. The van der Waals surface area contributed by atoms with Crippen LogP contribution in [-0.4, -0.2) is 75.7 Å². The molecule has 1 spiro atoms. The van der Waals surface area contributed by atoms with E-state index in [1.54, 1.807) is 51.1 Å². The molecule has 6 atom stereocenters. The Morgan fingerprint density at radius 2 is 1.79 bits per heavy atom. The zero-order valence-corrected chi connectivity index (χ0v) is 24.1. The lowest BCUT2D eigenvalue weighted by molar-refractivity contribution is -0.244. The smallest absolute Gasteiger partial charge is 0.311 e. The average Bonchev–Trinajstić information content (AvgIpc) is 3.63. The van der Waals surface area contributed by atoms with Gasteiger partial charge in [-0.25, -0.2) is 4.39 Å². The van der Waals surface area contributed by atoms with Crippen molar-refractivity contribution in [2.24, 2.45) is 11.3 Å². The number of aromatic hydroxyl groups is 1. The molecule has 8 rings (SSSR count). The van der Waals surface area contributed by atoms with Crippen molar-refractivity contribution in [3.63, 3.8) is 0 Å². The van der Waals surface area contributed by atoms with E-state index in [1.165, 1.54) is 4.90 Å². The fraction of sp³-hybridized carbons (Fsp3) is 0.545. The number of nitrogens with zero attached hydrogens (tertiary/aromatic N) is 2. The number of carbonyl (C=O) groups is 3. The summed E-state index contributed by atoms with van der Waals surface area (Å²) in [7, 11) is 0. The van der Waals surface area contributed by atoms with E-state index in [0.717, 1.165) is 24.9 Å². The molecule has 0 aromatic heterocycles. The quantitative estimate of drug-likeness (QED) is 0.433. The highest BCUT2D eigenvalue weighted by molar-refractivity contribution is 6.21. The lowest BCUT2D eigenvalue weighted by Gasteiger charge is -2.66. The second-order valence-electron chi connectivity index (χ2n) is 14.1. The summed E-state index contributed by atoms with van der Waals surface area (Å²) in [6.45, 7) is 6.21. The van der Waals surface area contributed by atoms with Crippen LogP contribution in [0, 0.1) is 11.3 Å². The summed E-state index contributed by atoms with van der Waals surface area (Å²) >= 11 is 0. The molecule has 1 N–H and O–H groups in total. The van der Waals surface area contributed by atoms with Crippen molar-refractivity contribution < 1.29 is 33.4 Å². The molecule has 2 bridgehead atoms. The minimum Gasteiger partial charge on any atom is -0.504 e. The molecule has 3 aliphatic carbocycles. The van der Waals surface area contributed by atoms with Gasteiger partial charge in [-0.3, -0.25) is 24.2 Å². The molecule has 8 nitrogen and oxygen atoms in total. The predicted octanol–water partition coefficient (Wildman–Crippen LogP) is 4.17. The van der Waals surface area contributed by atoms with Crippen LogP contribution in [0.4, 0.5) is 4.39 Å². The van der Waals surface area contributed by atoms with Gasteiger partial charge in [0.05, 0.1) is 28.6 Å². The molecule has 0 unspecified atom stereocenters. The predicted molar refractivity (Wildman–Crippen MR) is 149 cm³/mol. The lowest BCUT2D eigenvalue weighted by Crippen LogP contribution is -2.83. The molecule has 6 aliphatic rings. The number of phenolic OH excluding ortho intramolecular Hbond substituents is 1. The molecule has 2 aromatic rings. The Labute approximate surface area is 243 Å². The normalized spacial score (nSPS) is 34.6. The van der Waals surface area contributed by atoms with E-state index in [9.17, 15) is 19.5 Å². The first-order valence-corrected chi connectivity index (χ1v) is 15.1. The van der Waals surface area contributed by atoms with Crippen LogP contribution in [0.1, 0.15) is 78.3 Å². The zero-order valence-electron chi connectivity index (χ0n) is 24.1. The highest BCUT2D eigenvalue weighted by Crippen LogP contribution is 2.68. The van der Waals surface area contributed by atoms with Gasteiger partial charge in [0.1, 0.15) is 23.3 Å². The summed E-state index contributed by atoms with van der Waals surface area (Å²) in [4.78, 5) is 44.7. The van der Waals surface area contributed by atoms with E-state index in [-0.39, 0.29) is 36.9 Å². The number of amides is 2. The molecule has 42 heavy (non-hydrogen) atoms. The van der Waals surface area contributed by atoms with Crippen LogP contribution in [0.3, 0.4) is 0 Å². The maximum Gasteiger partial charge on any atom is 0.311 e. The number of esters is 1. The molecular formula is C33H35FN2O6. The number of piperidine rings is 1. The van der Waals surface area contributed by atoms with E-state index in [2.05, 4.69) is 4.90 Å². The number of ether oxygens (including phenoxy) is 2. The van der Waals surface area contributed by atoms with E-state index >= 15 is 4.39 Å². The largest absolute Gasteiger partial charge is 0.504 e. The summed E-state index contributed by atoms with van der Waals surface area (Å²) in [5.74, 6) is -0.760. The van der Waals surface area contributed by atoms with Crippen molar-refractivity contribution in [3.8, 4) is 11.5 Å². The number of rotatable bonds is 4. The van der Waals surface area contributed by atoms with Crippen molar-refractivity contribution in [2.75, 3.05) is 13.1 Å². The van der Waals surface area contributed by atoms with Crippen LogP contribution in [0.15, 0.2) is 36.4 Å². The number of halogens is 1. The van der Waals surface area contributed by atoms with Gasteiger partial charge >= 0.3 is 5.97 Å². The van der Waals surface area contributed by atoms with Crippen LogP contribution >= 0.6 is 0 Å². The Morgan fingerprint density at radius 3 is 2.43 bits per heavy atom. The van der Waals surface area contributed by atoms with Gasteiger partial charge in [-0.15, -0.1) is 0 Å². The molecule has 0 radical (unpaired) electrons. The average molecular weight is 575 g/mol. The molecular weight excluding hydrogens is 539 g/mol. The number of phenols is 1. The van der Waals surface area contributed by atoms with Crippen LogP contribution in [0.25, 0.3) is 0 Å². The van der Waals surface area contributed by atoms with Gasteiger partial charge in [0.25, 0.3) is 11.8 Å². The van der Waals surface area contributed by atoms with Gasteiger partial charge in [0.2, 0.25) is 0 Å². The van der Waals surface area contributed by atoms with Crippen molar-refractivity contribution in [1.82, 2.24) is 9.80 Å². The Morgan fingerprint density at radius 1 is 1.10 bits per heavy atom. The third-order valence-electron chi connectivity index (χ3n) is 10.7. The summed E-state index contributed by atoms with van der Waals surface area (Å²) in [6.07, 6.45) is 0.682. The highest BCUT2D eigenvalue weighted by Gasteiger charge is 2.80. The standard InChI is InChI=1S/C33H35FN2O6/c1-31(2,3)30(40)42-32-13-12-21(36-28(38)19-6-4-5-7-20(19)29(36)39)27-33(32)23(34)16-35(15-17-8-9-17)24(32)14-18-10-11-22(37)26(41-27)25(18)33/h4-7,10-11,17,21,23-24,27,37H,8-9,12-16H2,1-3H3/t21-,23+,24-,27+,32-,33+/m1/s1. The Hall–Kier alpha value is -3.46. The first kappa shape index (κ1) is 26.2. The number of likely N-dealkylation sites (tertiary alicyclic amines) is 1. The molecule has 1 saturated heterocycles. The fourth-order valence-electron chi connectivity index (χ4n) is 8.72. The molecule has 3 aliphatic heterocycles. The van der Waals surface area contributed by atoms with E-state index < -0.39 is 52.5 Å². The number of alkyl halides is 1. The summed E-state index contributed by atoms with van der Waals surface area (Å²) in [6, 6.07) is 8.96. The first-order valence-electron chi connectivity index (χ1n) is 15.1. The van der Waals surface area contributed by atoms with Gasteiger partial charge in [0.15, 0.2) is 11.5 Å². The van der Waals surface area contributed by atoms with Crippen LogP contribution in [-0.2, 0) is 21.4 Å². The molecule has 2 aromatic carbocycles. The SMILES string of the molecule is CC(C)(C)C(=O)O[C@@]12CC[C@@H](N3C(=O)c4ccccc4C3=O)[C@@H]3Oc4c(O)ccc5c4[C@@]31[C@@H](F)CN(CC1CC1)[C@@H]2C5. The van der Waals surface area contributed by atoms with Gasteiger partial charge in [-0.1, -0.05) is 18.2 Å². The van der Waals surface area contributed by atoms with E-state index in [0.29, 0.717) is 29.0 Å². The summed E-state index contributed by atoms with van der Waals surface area (Å²) < 4.78 is 30.8. The summed E-state index contributed by atoms with van der Waals surface area (Å²) in [5, 5.41) is 11.1. The summed E-state index contributed by atoms with van der Waals surface area (Å²) in [5.41, 5.74) is -1.65. The Kier molecular flexibility index (Phi) is 5.20. The molecule has 9 heteroatoms. The van der Waals surface area contributed by atoms with Crippen molar-refractivity contribution in [3.05, 3.63) is 58.7 Å². The van der Waals surface area contributed by atoms with Crippen LogP contribution in [0.2, 0.25) is 0 Å². The first-order chi connectivity index (χ1) is 20.0. The number of hydrogen-bond donors (Lipinski definition) is 1. The van der Waals surface area contributed by atoms with Crippen molar-refractivity contribution in [1.29, 1.82) is 0 Å².